The predicted molar refractivity (Wildman–Crippen MR) is 117 cm³/mol. The Morgan fingerprint density at radius 1 is 0.793 bits per heavy atom. The van der Waals surface area contributed by atoms with Crippen molar-refractivity contribution in [3.8, 4) is 16.9 Å². The Hall–Kier alpha value is -3.59. The van der Waals surface area contributed by atoms with E-state index in [9.17, 15) is 4.79 Å². The first kappa shape index (κ1) is 18.8. The molecule has 0 saturated heterocycles. The molecule has 4 aromatic rings. The lowest BCUT2D eigenvalue weighted by Crippen LogP contribution is -2.19. The van der Waals surface area contributed by atoms with Crippen molar-refractivity contribution in [2.75, 3.05) is 7.11 Å². The molecule has 0 N–H and O–H groups in total. The quantitative estimate of drug-likeness (QED) is 0.462. The first-order valence-corrected chi connectivity index (χ1v) is 9.68. The average molecular weight is 381 g/mol. The number of pyridine rings is 1. The number of methoxy groups -OCH3 is 1. The van der Waals surface area contributed by atoms with E-state index in [-0.39, 0.29) is 5.56 Å². The third-order valence-electron chi connectivity index (χ3n) is 5.04. The van der Waals surface area contributed by atoms with Gasteiger partial charge in [-0.3, -0.25) is 4.79 Å². The second-order valence-corrected chi connectivity index (χ2v) is 7.05. The van der Waals surface area contributed by atoms with Crippen LogP contribution in [0.1, 0.15) is 16.7 Å². The lowest BCUT2D eigenvalue weighted by Gasteiger charge is -2.13. The molecule has 0 aliphatic rings. The summed E-state index contributed by atoms with van der Waals surface area (Å²) in [5.41, 5.74) is 5.71. The molecule has 0 saturated carbocycles. The molecule has 0 aliphatic carbocycles. The molecule has 1 heterocycles. The van der Waals surface area contributed by atoms with Gasteiger partial charge in [0, 0.05) is 12.3 Å². The van der Waals surface area contributed by atoms with Gasteiger partial charge in [0.25, 0.3) is 5.56 Å². The molecule has 1 aromatic heterocycles. The molecule has 0 radical (unpaired) electrons. The topological polar surface area (TPSA) is 31.2 Å². The second kappa shape index (κ2) is 8.61. The maximum absolute atomic E-state index is 12.3. The highest BCUT2D eigenvalue weighted by atomic mass is 16.5. The highest BCUT2D eigenvalue weighted by molar-refractivity contribution is 5.69. The molecule has 3 heteroatoms. The zero-order valence-electron chi connectivity index (χ0n) is 16.4. The monoisotopic (exact) mass is 381 g/mol. The van der Waals surface area contributed by atoms with Crippen LogP contribution in [0.25, 0.3) is 11.1 Å². The lowest BCUT2D eigenvalue weighted by atomic mass is 9.95. The molecule has 29 heavy (non-hydrogen) atoms. The van der Waals surface area contributed by atoms with Gasteiger partial charge < -0.3 is 9.30 Å². The summed E-state index contributed by atoms with van der Waals surface area (Å²) in [4.78, 5) is 12.3. The van der Waals surface area contributed by atoms with Crippen molar-refractivity contribution in [3.63, 3.8) is 0 Å². The number of aromatic nitrogens is 1. The molecule has 0 bridgehead atoms. The number of ether oxygens (including phenoxy) is 1. The standard InChI is InChI=1S/C26H23NO2/c1-29-24-14-13-23(25(17-24)22-10-6-3-7-11-22)16-21-12-15-26(28)27(19-21)18-20-8-4-2-5-9-20/h2-15,17,19H,16,18H2,1H3. The van der Waals surface area contributed by atoms with Crippen molar-refractivity contribution in [3.05, 3.63) is 124 Å². The van der Waals surface area contributed by atoms with Crippen molar-refractivity contribution in [1.82, 2.24) is 4.57 Å². The average Bonchev–Trinajstić information content (AvgIpc) is 2.77. The number of rotatable bonds is 6. The Labute approximate surface area is 170 Å². The molecule has 144 valence electrons. The van der Waals surface area contributed by atoms with Gasteiger partial charge >= 0.3 is 0 Å². The van der Waals surface area contributed by atoms with Crippen molar-refractivity contribution < 1.29 is 4.74 Å². The van der Waals surface area contributed by atoms with Crippen LogP contribution in [0.3, 0.4) is 0 Å². The maximum atomic E-state index is 12.3. The molecule has 0 fully saturated rings. The van der Waals surface area contributed by atoms with Crippen molar-refractivity contribution >= 4 is 0 Å². The second-order valence-electron chi connectivity index (χ2n) is 7.05. The Bertz CT molecular complexity index is 1150. The number of benzene rings is 3. The van der Waals surface area contributed by atoms with Gasteiger partial charge in [0.2, 0.25) is 0 Å². The van der Waals surface area contributed by atoms with Gasteiger partial charge in [0.05, 0.1) is 13.7 Å². The summed E-state index contributed by atoms with van der Waals surface area (Å²) in [5.74, 6) is 0.835. The maximum Gasteiger partial charge on any atom is 0.250 e. The largest absolute Gasteiger partial charge is 0.497 e. The Balaban J connectivity index is 1.68. The highest BCUT2D eigenvalue weighted by Crippen LogP contribution is 2.29. The predicted octanol–water partition coefficient (Wildman–Crippen LogP) is 5.16. The van der Waals surface area contributed by atoms with Gasteiger partial charge in [-0.2, -0.15) is 0 Å². The van der Waals surface area contributed by atoms with Crippen LogP contribution < -0.4 is 10.3 Å². The van der Waals surface area contributed by atoms with Crippen LogP contribution in [0.15, 0.2) is 102 Å². The van der Waals surface area contributed by atoms with Crippen molar-refractivity contribution in [2.24, 2.45) is 0 Å². The van der Waals surface area contributed by atoms with E-state index in [2.05, 4.69) is 24.3 Å². The molecule has 0 aliphatic heterocycles. The molecular weight excluding hydrogens is 358 g/mol. The summed E-state index contributed by atoms with van der Waals surface area (Å²) in [6, 6.07) is 30.1. The lowest BCUT2D eigenvalue weighted by molar-refractivity contribution is 0.415. The van der Waals surface area contributed by atoms with Gasteiger partial charge in [0.15, 0.2) is 0 Å². The van der Waals surface area contributed by atoms with Crippen LogP contribution in [0.5, 0.6) is 5.75 Å². The smallest absolute Gasteiger partial charge is 0.250 e. The summed E-state index contributed by atoms with van der Waals surface area (Å²) in [7, 11) is 1.68. The van der Waals surface area contributed by atoms with Crippen LogP contribution in [-0.4, -0.2) is 11.7 Å². The Morgan fingerprint density at radius 3 is 2.24 bits per heavy atom. The van der Waals surface area contributed by atoms with Crippen molar-refractivity contribution in [1.29, 1.82) is 0 Å². The summed E-state index contributed by atoms with van der Waals surface area (Å²) in [6.07, 6.45) is 2.71. The van der Waals surface area contributed by atoms with E-state index in [0.29, 0.717) is 6.54 Å². The van der Waals surface area contributed by atoms with Gasteiger partial charge in [0.1, 0.15) is 5.75 Å². The van der Waals surface area contributed by atoms with E-state index in [1.807, 2.05) is 66.9 Å². The first-order valence-electron chi connectivity index (χ1n) is 9.68. The minimum absolute atomic E-state index is 0.00983. The van der Waals surface area contributed by atoms with Gasteiger partial charge in [-0.05, 0) is 46.4 Å². The van der Waals surface area contributed by atoms with E-state index in [1.54, 1.807) is 17.7 Å². The van der Waals surface area contributed by atoms with E-state index in [0.717, 1.165) is 34.4 Å². The fourth-order valence-corrected chi connectivity index (χ4v) is 3.53. The fourth-order valence-electron chi connectivity index (χ4n) is 3.53. The van der Waals surface area contributed by atoms with E-state index in [1.165, 1.54) is 5.56 Å². The number of hydrogen-bond donors (Lipinski definition) is 0. The summed E-state index contributed by atoms with van der Waals surface area (Å²) in [5, 5.41) is 0. The molecule has 0 unspecified atom stereocenters. The van der Waals surface area contributed by atoms with Crippen LogP contribution in [0, 0.1) is 0 Å². The van der Waals surface area contributed by atoms with Crippen molar-refractivity contribution in [2.45, 2.75) is 13.0 Å². The summed E-state index contributed by atoms with van der Waals surface area (Å²) in [6.45, 7) is 0.571. The van der Waals surface area contributed by atoms with Gasteiger partial charge in [-0.1, -0.05) is 72.8 Å². The summed E-state index contributed by atoms with van der Waals surface area (Å²) < 4.78 is 7.21. The van der Waals surface area contributed by atoms with E-state index < -0.39 is 0 Å². The van der Waals surface area contributed by atoms with E-state index >= 15 is 0 Å². The first-order chi connectivity index (χ1) is 14.2. The van der Waals surface area contributed by atoms with Crippen LogP contribution >= 0.6 is 0 Å². The molecule has 0 spiro atoms. The third-order valence-corrected chi connectivity index (χ3v) is 5.04. The molecule has 0 amide bonds. The number of hydrogen-bond acceptors (Lipinski definition) is 2. The van der Waals surface area contributed by atoms with Crippen LogP contribution in [-0.2, 0) is 13.0 Å². The zero-order valence-corrected chi connectivity index (χ0v) is 16.4. The zero-order chi connectivity index (χ0) is 20.1. The van der Waals surface area contributed by atoms with Crippen LogP contribution in [0.2, 0.25) is 0 Å². The van der Waals surface area contributed by atoms with Crippen LogP contribution in [0.4, 0.5) is 0 Å². The molecule has 0 atom stereocenters. The normalized spacial score (nSPS) is 10.7. The molecule has 4 rings (SSSR count). The molecule has 3 nitrogen and oxygen atoms in total. The summed E-state index contributed by atoms with van der Waals surface area (Å²) >= 11 is 0. The minimum Gasteiger partial charge on any atom is -0.497 e. The van der Waals surface area contributed by atoms with E-state index in [4.69, 9.17) is 4.74 Å². The Kier molecular flexibility index (Phi) is 5.57. The Morgan fingerprint density at radius 2 is 1.52 bits per heavy atom. The fraction of sp³-hybridized carbons (Fsp3) is 0.115. The molecule has 3 aromatic carbocycles. The van der Waals surface area contributed by atoms with Gasteiger partial charge in [-0.15, -0.1) is 0 Å². The highest BCUT2D eigenvalue weighted by Gasteiger charge is 2.09. The number of nitrogens with zero attached hydrogens (tertiary/aromatic N) is 1. The minimum atomic E-state index is 0.00983. The molecular formula is C26H23NO2. The SMILES string of the molecule is COc1ccc(Cc2ccc(=O)n(Cc3ccccc3)c2)c(-c2ccccc2)c1. The third kappa shape index (κ3) is 4.46. The van der Waals surface area contributed by atoms with Gasteiger partial charge in [-0.25, -0.2) is 0 Å².